The van der Waals surface area contributed by atoms with Gasteiger partial charge >= 0.3 is 0 Å². The van der Waals surface area contributed by atoms with Crippen LogP contribution in [0.2, 0.25) is 0 Å². The highest BCUT2D eigenvalue weighted by molar-refractivity contribution is 5.63. The van der Waals surface area contributed by atoms with Crippen molar-refractivity contribution in [3.8, 4) is 17.0 Å². The van der Waals surface area contributed by atoms with Gasteiger partial charge in [-0.15, -0.1) is 0 Å². The number of nitrogens with zero attached hydrogens (tertiary/aromatic N) is 4. The van der Waals surface area contributed by atoms with Crippen molar-refractivity contribution in [3.05, 3.63) is 65.2 Å². The summed E-state index contributed by atoms with van der Waals surface area (Å²) in [5.74, 6) is 1.42. The molecule has 30 heavy (non-hydrogen) atoms. The molecular formula is C23H29N5O2. The summed E-state index contributed by atoms with van der Waals surface area (Å²) in [5, 5.41) is 0. The number of hydrogen-bond acceptors (Lipinski definition) is 6. The van der Waals surface area contributed by atoms with Gasteiger partial charge in [-0.2, -0.15) is 0 Å². The van der Waals surface area contributed by atoms with E-state index in [1.54, 1.807) is 30.1 Å². The molecule has 2 aromatic heterocycles. The predicted molar refractivity (Wildman–Crippen MR) is 120 cm³/mol. The minimum absolute atomic E-state index is 0.107. The molecule has 0 saturated carbocycles. The zero-order valence-electron chi connectivity index (χ0n) is 17.6. The molecule has 2 heterocycles. The van der Waals surface area contributed by atoms with Gasteiger partial charge in [-0.1, -0.05) is 6.42 Å². The standard InChI is InChI=1S/C23H29N5O2/c1-3-30-20-9-7-19(8-10-20)28(16-6-4-5-13-24)23-26-21(17-22(29)27(23)2)18-11-14-25-15-12-18/h7-12,14-15,17H,3-6,13,16,24H2,1-2H3. The van der Waals surface area contributed by atoms with Gasteiger partial charge in [0.2, 0.25) is 5.95 Å². The van der Waals surface area contributed by atoms with Gasteiger partial charge in [0.15, 0.2) is 0 Å². The summed E-state index contributed by atoms with van der Waals surface area (Å²) in [7, 11) is 1.75. The first-order valence-electron chi connectivity index (χ1n) is 10.3. The molecule has 0 saturated heterocycles. The fourth-order valence-corrected chi connectivity index (χ4v) is 3.26. The van der Waals surface area contributed by atoms with E-state index in [0.29, 0.717) is 24.8 Å². The fourth-order valence-electron chi connectivity index (χ4n) is 3.26. The smallest absolute Gasteiger partial charge is 0.255 e. The Labute approximate surface area is 177 Å². The molecule has 158 valence electrons. The lowest BCUT2D eigenvalue weighted by atomic mass is 10.2. The van der Waals surface area contributed by atoms with E-state index in [1.165, 1.54) is 0 Å². The molecule has 3 aromatic rings. The molecule has 3 rings (SSSR count). The van der Waals surface area contributed by atoms with E-state index in [2.05, 4.69) is 9.88 Å². The SMILES string of the molecule is CCOc1ccc(N(CCCCCN)c2nc(-c3ccncc3)cc(=O)n2C)cc1. The first kappa shape index (κ1) is 21.5. The van der Waals surface area contributed by atoms with Gasteiger partial charge in [-0.05, 0) is 62.7 Å². The Hall–Kier alpha value is -3.19. The van der Waals surface area contributed by atoms with Crippen molar-refractivity contribution < 1.29 is 4.74 Å². The number of nitrogens with two attached hydrogens (primary N) is 1. The Morgan fingerprint density at radius 3 is 2.47 bits per heavy atom. The number of benzene rings is 1. The number of rotatable bonds is 10. The maximum absolute atomic E-state index is 12.7. The summed E-state index contributed by atoms with van der Waals surface area (Å²) >= 11 is 0. The summed E-state index contributed by atoms with van der Waals surface area (Å²) < 4.78 is 7.16. The van der Waals surface area contributed by atoms with E-state index in [-0.39, 0.29) is 5.56 Å². The average Bonchev–Trinajstić information content (AvgIpc) is 2.78. The van der Waals surface area contributed by atoms with Crippen molar-refractivity contribution in [1.29, 1.82) is 0 Å². The molecule has 0 spiro atoms. The largest absolute Gasteiger partial charge is 0.494 e. The third-order valence-corrected chi connectivity index (χ3v) is 4.87. The highest BCUT2D eigenvalue weighted by Gasteiger charge is 2.17. The lowest BCUT2D eigenvalue weighted by molar-refractivity contribution is 0.340. The molecule has 0 bridgehead atoms. The van der Waals surface area contributed by atoms with Crippen LogP contribution in [0.1, 0.15) is 26.2 Å². The number of anilines is 2. The quantitative estimate of drug-likeness (QED) is 0.518. The van der Waals surface area contributed by atoms with Gasteiger partial charge in [-0.25, -0.2) is 4.98 Å². The van der Waals surface area contributed by atoms with Crippen LogP contribution in [0.5, 0.6) is 5.75 Å². The van der Waals surface area contributed by atoms with Crippen molar-refractivity contribution in [2.75, 3.05) is 24.6 Å². The number of hydrogen-bond donors (Lipinski definition) is 1. The van der Waals surface area contributed by atoms with Crippen LogP contribution in [0.4, 0.5) is 11.6 Å². The Morgan fingerprint density at radius 2 is 1.80 bits per heavy atom. The van der Waals surface area contributed by atoms with E-state index in [1.807, 2.05) is 43.3 Å². The van der Waals surface area contributed by atoms with Gasteiger partial charge in [0.05, 0.1) is 12.3 Å². The lowest BCUT2D eigenvalue weighted by Crippen LogP contribution is -2.29. The summed E-state index contributed by atoms with van der Waals surface area (Å²) in [6, 6.07) is 13.1. The second-order valence-electron chi connectivity index (χ2n) is 7.00. The van der Waals surface area contributed by atoms with Crippen LogP contribution < -0.4 is 20.9 Å². The van der Waals surface area contributed by atoms with Crippen molar-refractivity contribution in [3.63, 3.8) is 0 Å². The van der Waals surface area contributed by atoms with Gasteiger partial charge in [0.25, 0.3) is 5.56 Å². The lowest BCUT2D eigenvalue weighted by Gasteiger charge is -2.26. The van der Waals surface area contributed by atoms with Crippen LogP contribution in [-0.4, -0.2) is 34.2 Å². The van der Waals surface area contributed by atoms with Crippen LogP contribution in [0.25, 0.3) is 11.3 Å². The normalized spacial score (nSPS) is 10.8. The minimum atomic E-state index is -0.107. The third-order valence-electron chi connectivity index (χ3n) is 4.87. The van der Waals surface area contributed by atoms with Crippen LogP contribution in [-0.2, 0) is 7.05 Å². The molecule has 0 radical (unpaired) electrons. The van der Waals surface area contributed by atoms with E-state index < -0.39 is 0 Å². The second-order valence-corrected chi connectivity index (χ2v) is 7.00. The number of unbranched alkanes of at least 4 members (excludes halogenated alkanes) is 2. The Balaban J connectivity index is 2.01. The maximum Gasteiger partial charge on any atom is 0.255 e. The maximum atomic E-state index is 12.7. The monoisotopic (exact) mass is 407 g/mol. The Morgan fingerprint density at radius 1 is 1.07 bits per heavy atom. The van der Waals surface area contributed by atoms with Crippen molar-refractivity contribution in [2.45, 2.75) is 26.2 Å². The van der Waals surface area contributed by atoms with Gasteiger partial charge in [0, 0.05) is 43.3 Å². The van der Waals surface area contributed by atoms with Crippen LogP contribution in [0.15, 0.2) is 59.7 Å². The molecule has 0 aliphatic rings. The van der Waals surface area contributed by atoms with Crippen LogP contribution in [0.3, 0.4) is 0 Å². The molecule has 2 N–H and O–H groups in total. The Bertz CT molecular complexity index is 987. The van der Waals surface area contributed by atoms with E-state index in [9.17, 15) is 4.79 Å². The van der Waals surface area contributed by atoms with Crippen molar-refractivity contribution in [2.24, 2.45) is 12.8 Å². The average molecular weight is 408 g/mol. The first-order valence-corrected chi connectivity index (χ1v) is 10.3. The van der Waals surface area contributed by atoms with E-state index in [4.69, 9.17) is 15.5 Å². The number of pyridine rings is 1. The molecule has 1 aromatic carbocycles. The summed E-state index contributed by atoms with van der Waals surface area (Å²) in [6.45, 7) is 3.99. The highest BCUT2D eigenvalue weighted by atomic mass is 16.5. The highest BCUT2D eigenvalue weighted by Crippen LogP contribution is 2.27. The van der Waals surface area contributed by atoms with E-state index >= 15 is 0 Å². The van der Waals surface area contributed by atoms with Gasteiger partial charge < -0.3 is 15.4 Å². The molecule has 7 nitrogen and oxygen atoms in total. The topological polar surface area (TPSA) is 86.3 Å². The molecule has 0 aliphatic carbocycles. The molecule has 0 atom stereocenters. The van der Waals surface area contributed by atoms with Crippen LogP contribution in [0, 0.1) is 0 Å². The first-order chi connectivity index (χ1) is 14.6. The van der Waals surface area contributed by atoms with Crippen LogP contribution >= 0.6 is 0 Å². The fraction of sp³-hybridized carbons (Fsp3) is 0.348. The Kier molecular flexibility index (Phi) is 7.57. The van der Waals surface area contributed by atoms with Crippen molar-refractivity contribution >= 4 is 11.6 Å². The van der Waals surface area contributed by atoms with Crippen molar-refractivity contribution in [1.82, 2.24) is 14.5 Å². The van der Waals surface area contributed by atoms with E-state index in [0.717, 1.165) is 42.8 Å². The zero-order chi connectivity index (χ0) is 21.3. The predicted octanol–water partition coefficient (Wildman–Crippen LogP) is 3.51. The number of aromatic nitrogens is 3. The second kappa shape index (κ2) is 10.5. The molecule has 0 amide bonds. The van der Waals surface area contributed by atoms with Gasteiger partial charge in [-0.3, -0.25) is 14.3 Å². The molecule has 0 unspecified atom stereocenters. The third kappa shape index (κ3) is 5.24. The summed E-state index contributed by atoms with van der Waals surface area (Å²) in [4.78, 5) is 23.7. The molecular weight excluding hydrogens is 378 g/mol. The molecule has 7 heteroatoms. The zero-order valence-corrected chi connectivity index (χ0v) is 17.6. The summed E-state index contributed by atoms with van der Waals surface area (Å²) in [6.07, 6.45) is 6.33. The summed E-state index contributed by atoms with van der Waals surface area (Å²) in [5.41, 5.74) is 8.00. The molecule has 0 fully saturated rings. The van der Waals surface area contributed by atoms with Gasteiger partial charge in [0.1, 0.15) is 5.75 Å². The minimum Gasteiger partial charge on any atom is -0.494 e. The molecule has 0 aliphatic heterocycles. The number of ether oxygens (including phenoxy) is 1.